The Balaban J connectivity index is 2.46. The van der Waals surface area contributed by atoms with Crippen molar-refractivity contribution in [2.75, 3.05) is 23.8 Å². The predicted molar refractivity (Wildman–Crippen MR) is 86.7 cm³/mol. The van der Waals surface area contributed by atoms with Crippen LogP contribution < -0.4 is 5.73 Å². The van der Waals surface area contributed by atoms with Crippen molar-refractivity contribution in [1.82, 2.24) is 4.31 Å². The van der Waals surface area contributed by atoms with Crippen LogP contribution in [0.3, 0.4) is 0 Å². The van der Waals surface area contributed by atoms with Gasteiger partial charge in [0.1, 0.15) is 5.37 Å². The average Bonchev–Trinajstić information content (AvgIpc) is 2.96. The van der Waals surface area contributed by atoms with Crippen LogP contribution in [0.15, 0.2) is 16.3 Å². The molecule has 0 radical (unpaired) electrons. The van der Waals surface area contributed by atoms with Crippen LogP contribution in [0.4, 0.5) is 0 Å². The monoisotopic (exact) mass is 370 g/mol. The first kappa shape index (κ1) is 17.2. The highest BCUT2D eigenvalue weighted by atomic mass is 32.2. The molecule has 1 aliphatic rings. The lowest BCUT2D eigenvalue weighted by molar-refractivity contribution is 0.403. The summed E-state index contributed by atoms with van der Waals surface area (Å²) in [7, 11) is -7.30. The van der Waals surface area contributed by atoms with E-state index in [1.54, 1.807) is 5.38 Å². The van der Waals surface area contributed by atoms with Crippen molar-refractivity contribution in [3.8, 4) is 0 Å². The first-order valence-electron chi connectivity index (χ1n) is 6.42. The van der Waals surface area contributed by atoms with Crippen LogP contribution in [0.1, 0.15) is 11.8 Å². The molecule has 1 saturated heterocycles. The topological polar surface area (TPSA) is 97.5 Å². The number of sulfonamides is 1. The van der Waals surface area contributed by atoms with Crippen LogP contribution in [0.2, 0.25) is 0 Å². The Hall–Kier alpha value is -0.130. The minimum Gasteiger partial charge on any atom is -0.326 e. The maximum atomic E-state index is 12.8. The molecule has 10 heteroatoms. The van der Waals surface area contributed by atoms with Crippen LogP contribution >= 0.6 is 23.1 Å². The first-order chi connectivity index (χ1) is 9.84. The fraction of sp³-hybridized carbons (Fsp3) is 0.636. The van der Waals surface area contributed by atoms with E-state index in [4.69, 9.17) is 5.73 Å². The van der Waals surface area contributed by atoms with E-state index in [1.807, 2.05) is 0 Å². The highest BCUT2D eigenvalue weighted by Gasteiger charge is 2.41. The van der Waals surface area contributed by atoms with Gasteiger partial charge in [0.05, 0.1) is 4.90 Å². The number of hydrogen-bond donors (Lipinski definition) is 1. The minimum absolute atomic E-state index is 0.0718. The zero-order valence-electron chi connectivity index (χ0n) is 11.6. The standard InChI is InChI=1S/C11H18N2O4S4/c1-2-20(14,15)11-8-18-6-4-13(11)21(16,17)10-3-5-19-9(10)7-12/h3,5,11H,2,4,6-8,12H2,1H3. The zero-order valence-corrected chi connectivity index (χ0v) is 14.8. The largest absolute Gasteiger partial charge is 0.326 e. The van der Waals surface area contributed by atoms with Gasteiger partial charge in [-0.1, -0.05) is 6.92 Å². The molecule has 0 aromatic carbocycles. The van der Waals surface area contributed by atoms with Gasteiger partial charge in [0.15, 0.2) is 9.84 Å². The van der Waals surface area contributed by atoms with Crippen molar-refractivity contribution in [1.29, 1.82) is 0 Å². The van der Waals surface area contributed by atoms with E-state index < -0.39 is 25.2 Å². The lowest BCUT2D eigenvalue weighted by Crippen LogP contribution is -2.50. The van der Waals surface area contributed by atoms with E-state index in [0.717, 1.165) is 4.31 Å². The van der Waals surface area contributed by atoms with E-state index in [0.29, 0.717) is 10.6 Å². The van der Waals surface area contributed by atoms with Crippen molar-refractivity contribution in [3.05, 3.63) is 16.3 Å². The Morgan fingerprint density at radius 2 is 2.10 bits per heavy atom. The summed E-state index contributed by atoms with van der Waals surface area (Å²) in [4.78, 5) is 0.694. The lowest BCUT2D eigenvalue weighted by Gasteiger charge is -2.33. The van der Waals surface area contributed by atoms with E-state index in [2.05, 4.69) is 0 Å². The molecule has 2 rings (SSSR count). The summed E-state index contributed by atoms with van der Waals surface area (Å²) in [6.07, 6.45) is 0. The van der Waals surface area contributed by atoms with Gasteiger partial charge in [0.25, 0.3) is 0 Å². The quantitative estimate of drug-likeness (QED) is 0.819. The Morgan fingerprint density at radius 1 is 1.38 bits per heavy atom. The summed E-state index contributed by atoms with van der Waals surface area (Å²) in [6.45, 7) is 1.87. The van der Waals surface area contributed by atoms with Crippen LogP contribution in [-0.4, -0.2) is 50.3 Å². The lowest BCUT2D eigenvalue weighted by atomic mass is 10.5. The number of rotatable bonds is 5. The van der Waals surface area contributed by atoms with Gasteiger partial charge >= 0.3 is 0 Å². The molecule has 6 nitrogen and oxygen atoms in total. The molecule has 120 valence electrons. The molecule has 21 heavy (non-hydrogen) atoms. The molecular weight excluding hydrogens is 352 g/mol. The van der Waals surface area contributed by atoms with Gasteiger partial charge in [0, 0.05) is 35.2 Å². The molecule has 1 atom stereocenters. The minimum atomic E-state index is -3.83. The van der Waals surface area contributed by atoms with E-state index >= 15 is 0 Å². The maximum absolute atomic E-state index is 12.8. The van der Waals surface area contributed by atoms with E-state index in [-0.39, 0.29) is 29.5 Å². The van der Waals surface area contributed by atoms with Crippen molar-refractivity contribution in [3.63, 3.8) is 0 Å². The molecule has 0 saturated carbocycles. The molecular formula is C11H18N2O4S4. The summed E-state index contributed by atoms with van der Waals surface area (Å²) >= 11 is 2.73. The van der Waals surface area contributed by atoms with Crippen LogP contribution in [0.5, 0.6) is 0 Å². The fourth-order valence-corrected chi connectivity index (χ4v) is 8.71. The normalized spacial score (nSPS) is 21.5. The van der Waals surface area contributed by atoms with Gasteiger partial charge in [0.2, 0.25) is 10.0 Å². The van der Waals surface area contributed by atoms with Crippen LogP contribution in [-0.2, 0) is 26.4 Å². The Kier molecular flexibility index (Phi) is 5.37. The van der Waals surface area contributed by atoms with Gasteiger partial charge < -0.3 is 5.73 Å². The third kappa shape index (κ3) is 3.30. The summed E-state index contributed by atoms with van der Waals surface area (Å²) in [5.41, 5.74) is 5.57. The third-order valence-electron chi connectivity index (χ3n) is 3.33. The number of thioether (sulfide) groups is 1. The molecule has 2 heterocycles. The number of hydrogen-bond acceptors (Lipinski definition) is 7. The predicted octanol–water partition coefficient (Wildman–Crippen LogP) is 0.705. The van der Waals surface area contributed by atoms with E-state index in [1.165, 1.54) is 36.1 Å². The third-order valence-corrected chi connectivity index (χ3v) is 9.82. The molecule has 2 N–H and O–H groups in total. The SMILES string of the molecule is CCS(=O)(=O)C1CSCCN1S(=O)(=O)c1ccsc1CN. The van der Waals surface area contributed by atoms with Crippen LogP contribution in [0, 0.1) is 0 Å². The number of sulfone groups is 1. The van der Waals surface area contributed by atoms with Gasteiger partial charge in [-0.05, 0) is 11.4 Å². The Bertz CT molecular complexity index is 696. The van der Waals surface area contributed by atoms with Crippen molar-refractivity contribution in [2.45, 2.75) is 23.7 Å². The van der Waals surface area contributed by atoms with Gasteiger partial charge in [-0.2, -0.15) is 16.1 Å². The maximum Gasteiger partial charge on any atom is 0.245 e. The molecule has 1 unspecified atom stereocenters. The highest BCUT2D eigenvalue weighted by Crippen LogP contribution is 2.31. The second kappa shape index (κ2) is 6.55. The van der Waals surface area contributed by atoms with Gasteiger partial charge in [-0.25, -0.2) is 16.8 Å². The summed E-state index contributed by atoms with van der Waals surface area (Å²) in [5.74, 6) is 0.798. The van der Waals surface area contributed by atoms with Crippen molar-refractivity contribution < 1.29 is 16.8 Å². The van der Waals surface area contributed by atoms with Crippen molar-refractivity contribution in [2.24, 2.45) is 5.73 Å². The second-order valence-electron chi connectivity index (χ2n) is 4.51. The second-order valence-corrected chi connectivity index (χ2v) is 11.0. The van der Waals surface area contributed by atoms with Crippen molar-refractivity contribution >= 4 is 43.0 Å². The molecule has 1 aromatic rings. The molecule has 0 bridgehead atoms. The number of thiophene rings is 1. The Labute approximate surface area is 133 Å². The average molecular weight is 371 g/mol. The molecule has 1 aromatic heterocycles. The number of nitrogens with two attached hydrogens (primary N) is 1. The molecule has 0 aliphatic carbocycles. The van der Waals surface area contributed by atoms with Gasteiger partial charge in [-0.15, -0.1) is 11.3 Å². The highest BCUT2D eigenvalue weighted by molar-refractivity contribution is 8.01. The van der Waals surface area contributed by atoms with Gasteiger partial charge in [-0.3, -0.25) is 0 Å². The fourth-order valence-electron chi connectivity index (χ4n) is 2.15. The molecule has 0 amide bonds. The summed E-state index contributed by atoms with van der Waals surface area (Å²) in [5, 5.41) is 0.675. The molecule has 0 spiro atoms. The summed E-state index contributed by atoms with van der Waals surface area (Å²) in [6, 6.07) is 1.50. The first-order valence-corrected chi connectivity index (χ1v) is 11.6. The Morgan fingerprint density at radius 3 is 2.71 bits per heavy atom. The number of nitrogens with zero attached hydrogens (tertiary/aromatic N) is 1. The smallest absolute Gasteiger partial charge is 0.245 e. The molecule has 1 aliphatic heterocycles. The summed E-state index contributed by atoms with van der Waals surface area (Å²) < 4.78 is 51.1. The van der Waals surface area contributed by atoms with E-state index in [9.17, 15) is 16.8 Å². The van der Waals surface area contributed by atoms with Crippen LogP contribution in [0.25, 0.3) is 0 Å². The molecule has 1 fully saturated rings. The zero-order chi connectivity index (χ0) is 15.7.